The van der Waals surface area contributed by atoms with Gasteiger partial charge in [0.1, 0.15) is 18.5 Å². The van der Waals surface area contributed by atoms with E-state index in [1.165, 1.54) is 13.8 Å². The van der Waals surface area contributed by atoms with Gasteiger partial charge in [0.25, 0.3) is 0 Å². The Morgan fingerprint density at radius 3 is 1.81 bits per heavy atom. The van der Waals surface area contributed by atoms with Crippen molar-refractivity contribution >= 4 is 29.8 Å². The smallest absolute Gasteiger partial charge is 0.308 e. The first-order valence-electron chi connectivity index (χ1n) is 11.2. The Labute approximate surface area is 208 Å². The number of rotatable bonds is 10. The molecule has 1 aromatic rings. The number of ether oxygens (including phenoxy) is 7. The first-order valence-corrected chi connectivity index (χ1v) is 11.2. The van der Waals surface area contributed by atoms with Gasteiger partial charge in [-0.25, -0.2) is 0 Å². The SMILES string of the molecule is CC(=O)OC[C@H]1O[C@@H](O[13CH2]Cc2ccc(OC(C)=O)cc2)[C@H](OC(C)=O)[C@@H](OC(C)=O)[C@@H]1OC(C)=O. The maximum absolute atomic E-state index is 11.8. The average Bonchev–Trinajstić information content (AvgIpc) is 2.76. The Kier molecular flexibility index (Phi) is 10.8. The molecular formula is C24H30O12. The summed E-state index contributed by atoms with van der Waals surface area (Å²) in [5, 5.41) is 0. The van der Waals surface area contributed by atoms with Crippen LogP contribution in [0.5, 0.6) is 5.75 Å². The molecule has 0 unspecified atom stereocenters. The van der Waals surface area contributed by atoms with E-state index in [0.717, 1.165) is 26.3 Å². The summed E-state index contributed by atoms with van der Waals surface area (Å²) in [4.78, 5) is 57.9. The van der Waals surface area contributed by atoms with Crippen LogP contribution in [0.4, 0.5) is 0 Å². The Morgan fingerprint density at radius 1 is 0.722 bits per heavy atom. The Balaban J connectivity index is 2.23. The largest absolute Gasteiger partial charge is 0.463 e. The van der Waals surface area contributed by atoms with Gasteiger partial charge in [0.05, 0.1) is 6.61 Å². The Hall–Kier alpha value is -3.51. The van der Waals surface area contributed by atoms with Gasteiger partial charge in [-0.05, 0) is 24.1 Å². The van der Waals surface area contributed by atoms with Gasteiger partial charge in [-0.15, -0.1) is 0 Å². The number of carbonyl (C=O) groups excluding carboxylic acids is 5. The molecule has 2 rings (SSSR count). The second-order valence-electron chi connectivity index (χ2n) is 7.93. The number of esters is 5. The van der Waals surface area contributed by atoms with Crippen molar-refractivity contribution in [3.8, 4) is 5.75 Å². The van der Waals surface area contributed by atoms with E-state index in [1.54, 1.807) is 24.3 Å². The fourth-order valence-electron chi connectivity index (χ4n) is 3.51. The molecule has 0 amide bonds. The minimum absolute atomic E-state index is 0.0840. The van der Waals surface area contributed by atoms with Gasteiger partial charge in [0.2, 0.25) is 0 Å². The second-order valence-corrected chi connectivity index (χ2v) is 7.93. The third-order valence-electron chi connectivity index (χ3n) is 4.81. The second kappa shape index (κ2) is 13.5. The Bertz CT molecular complexity index is 941. The van der Waals surface area contributed by atoms with Crippen LogP contribution in [0.15, 0.2) is 24.3 Å². The van der Waals surface area contributed by atoms with Crippen LogP contribution in [0.3, 0.4) is 0 Å². The average molecular weight is 511 g/mol. The lowest BCUT2D eigenvalue weighted by Gasteiger charge is -2.44. The van der Waals surface area contributed by atoms with E-state index in [9.17, 15) is 24.0 Å². The van der Waals surface area contributed by atoms with E-state index in [2.05, 4.69) is 0 Å². The molecule has 12 heteroatoms. The minimum atomic E-state index is -1.29. The third-order valence-corrected chi connectivity index (χ3v) is 4.81. The van der Waals surface area contributed by atoms with Crippen LogP contribution >= 0.6 is 0 Å². The summed E-state index contributed by atoms with van der Waals surface area (Å²) in [6.45, 7) is 5.67. The first kappa shape index (κ1) is 28.7. The fraction of sp³-hybridized carbons (Fsp3) is 0.542. The van der Waals surface area contributed by atoms with Crippen molar-refractivity contribution in [2.75, 3.05) is 13.2 Å². The van der Waals surface area contributed by atoms with Crippen molar-refractivity contribution in [1.29, 1.82) is 0 Å². The lowest BCUT2D eigenvalue weighted by Crippen LogP contribution is -2.63. The zero-order valence-corrected chi connectivity index (χ0v) is 20.7. The van der Waals surface area contributed by atoms with Crippen LogP contribution < -0.4 is 4.74 Å². The van der Waals surface area contributed by atoms with Crippen molar-refractivity contribution in [2.45, 2.75) is 71.7 Å². The molecule has 1 saturated heterocycles. The fourth-order valence-corrected chi connectivity index (χ4v) is 3.51. The molecule has 12 nitrogen and oxygen atoms in total. The van der Waals surface area contributed by atoms with Crippen molar-refractivity contribution in [2.24, 2.45) is 0 Å². The third kappa shape index (κ3) is 9.27. The molecule has 0 saturated carbocycles. The number of hydrogen-bond acceptors (Lipinski definition) is 12. The minimum Gasteiger partial charge on any atom is -0.463 e. The van der Waals surface area contributed by atoms with E-state index in [0.29, 0.717) is 12.2 Å². The molecule has 1 heterocycles. The quantitative estimate of drug-likeness (QED) is 0.192. The van der Waals surface area contributed by atoms with Gasteiger partial charge >= 0.3 is 29.8 Å². The van der Waals surface area contributed by atoms with Gasteiger partial charge in [-0.2, -0.15) is 0 Å². The molecule has 5 atom stereocenters. The molecule has 0 N–H and O–H groups in total. The summed E-state index contributed by atoms with van der Waals surface area (Å²) in [6, 6.07) is 6.75. The summed E-state index contributed by atoms with van der Waals surface area (Å²) in [5.41, 5.74) is 0.844. The molecule has 36 heavy (non-hydrogen) atoms. The monoisotopic (exact) mass is 511 g/mol. The van der Waals surface area contributed by atoms with Crippen molar-refractivity contribution in [3.63, 3.8) is 0 Å². The van der Waals surface area contributed by atoms with Gasteiger partial charge in [-0.1, -0.05) is 12.1 Å². The molecular weight excluding hydrogens is 481 g/mol. The summed E-state index contributed by atoms with van der Waals surface area (Å²) in [5.74, 6) is -2.81. The molecule has 198 valence electrons. The Morgan fingerprint density at radius 2 is 1.28 bits per heavy atom. The lowest BCUT2D eigenvalue weighted by molar-refractivity contribution is -0.307. The molecule has 0 spiro atoms. The van der Waals surface area contributed by atoms with Crippen LogP contribution in [0.1, 0.15) is 40.2 Å². The number of hydrogen-bond donors (Lipinski definition) is 0. The topological polar surface area (TPSA) is 150 Å². The molecule has 0 aliphatic carbocycles. The highest BCUT2D eigenvalue weighted by atomic mass is 16.8. The lowest BCUT2D eigenvalue weighted by atomic mass is 9.98. The maximum atomic E-state index is 11.8. The van der Waals surface area contributed by atoms with Crippen molar-refractivity contribution in [3.05, 3.63) is 29.8 Å². The molecule has 0 bridgehead atoms. The molecule has 1 aliphatic rings. The number of benzene rings is 1. The first-order chi connectivity index (χ1) is 17.0. The standard InChI is InChI=1S/C24H30O12/c1-13(25)31-12-20-21(33-15(3)27)22(34-16(4)28)23(35-17(5)29)24(36-20)30-11-10-18-6-8-19(9-7-18)32-14(2)26/h6-9,20-24H,10-12H2,1-5H3/t20-,21-,22+,23-,24-/m1/s1/i11+1. The highest BCUT2D eigenvalue weighted by molar-refractivity contribution is 5.69. The van der Waals surface area contributed by atoms with Crippen LogP contribution in [0.2, 0.25) is 0 Å². The zero-order chi connectivity index (χ0) is 26.8. The zero-order valence-electron chi connectivity index (χ0n) is 20.7. The molecule has 1 aliphatic heterocycles. The normalized spacial score (nSPS) is 23.2. The van der Waals surface area contributed by atoms with Crippen LogP contribution in [0.25, 0.3) is 0 Å². The van der Waals surface area contributed by atoms with Crippen LogP contribution in [0, 0.1) is 0 Å². The summed E-state index contributed by atoms with van der Waals surface area (Å²) < 4.78 is 37.8. The van der Waals surface area contributed by atoms with Crippen LogP contribution in [-0.2, 0) is 58.8 Å². The van der Waals surface area contributed by atoms with E-state index in [-0.39, 0.29) is 13.2 Å². The summed E-state index contributed by atoms with van der Waals surface area (Å²) in [7, 11) is 0. The van der Waals surface area contributed by atoms with Crippen LogP contribution in [-0.4, -0.2) is 73.8 Å². The summed E-state index contributed by atoms with van der Waals surface area (Å²) >= 11 is 0. The van der Waals surface area contributed by atoms with Gasteiger partial charge < -0.3 is 33.2 Å². The highest BCUT2D eigenvalue weighted by Gasteiger charge is 2.52. The van der Waals surface area contributed by atoms with E-state index >= 15 is 0 Å². The van der Waals surface area contributed by atoms with Gasteiger partial charge in [0.15, 0.2) is 24.6 Å². The number of carbonyl (C=O) groups is 5. The van der Waals surface area contributed by atoms with E-state index in [4.69, 9.17) is 33.2 Å². The van der Waals surface area contributed by atoms with Crippen molar-refractivity contribution < 1.29 is 57.1 Å². The summed E-state index contributed by atoms with van der Waals surface area (Å²) in [6.07, 6.45) is -5.75. The van der Waals surface area contributed by atoms with Crippen molar-refractivity contribution in [1.82, 2.24) is 0 Å². The molecule has 1 fully saturated rings. The van der Waals surface area contributed by atoms with Gasteiger partial charge in [-0.3, -0.25) is 24.0 Å². The molecule has 1 aromatic carbocycles. The predicted octanol–water partition coefficient (Wildman–Crippen LogP) is 1.25. The molecule has 0 aromatic heterocycles. The van der Waals surface area contributed by atoms with E-state index in [1.807, 2.05) is 0 Å². The molecule has 0 radical (unpaired) electrons. The highest BCUT2D eigenvalue weighted by Crippen LogP contribution is 2.30. The van der Waals surface area contributed by atoms with E-state index < -0.39 is 60.6 Å². The maximum Gasteiger partial charge on any atom is 0.308 e. The predicted molar refractivity (Wildman–Crippen MR) is 119 cm³/mol. The van der Waals surface area contributed by atoms with Gasteiger partial charge in [0, 0.05) is 34.6 Å².